The highest BCUT2D eigenvalue weighted by Gasteiger charge is 2.17. The van der Waals surface area contributed by atoms with Crippen LogP contribution in [0.15, 0.2) is 15.2 Å². The van der Waals surface area contributed by atoms with E-state index in [-0.39, 0.29) is 12.0 Å². The van der Waals surface area contributed by atoms with E-state index >= 15 is 0 Å². The van der Waals surface area contributed by atoms with Crippen molar-refractivity contribution in [1.29, 1.82) is 0 Å². The maximum atomic E-state index is 5.21. The van der Waals surface area contributed by atoms with Crippen LogP contribution in [-0.2, 0) is 0 Å². The molecule has 5 nitrogen and oxygen atoms in total. The molecule has 20 heavy (non-hydrogen) atoms. The van der Waals surface area contributed by atoms with Gasteiger partial charge in [-0.25, -0.2) is 9.97 Å². The molecule has 1 atom stereocenters. The Morgan fingerprint density at radius 2 is 1.90 bits per heavy atom. The van der Waals surface area contributed by atoms with Gasteiger partial charge in [0, 0.05) is 17.5 Å². The highest BCUT2D eigenvalue weighted by atomic mass is 79.9. The number of aryl methyl sites for hydroxylation is 2. The lowest BCUT2D eigenvalue weighted by molar-refractivity contribution is 0.392. The van der Waals surface area contributed by atoms with E-state index in [9.17, 15) is 0 Å². The number of aromatic nitrogens is 3. The number of hydrogen-bond acceptors (Lipinski definition) is 5. The zero-order valence-electron chi connectivity index (χ0n) is 12.4. The quantitative estimate of drug-likeness (QED) is 0.848. The van der Waals surface area contributed by atoms with E-state index in [1.807, 2.05) is 19.9 Å². The van der Waals surface area contributed by atoms with E-state index in [1.165, 1.54) is 0 Å². The maximum absolute atomic E-state index is 5.21. The van der Waals surface area contributed by atoms with Crippen LogP contribution in [0.3, 0.4) is 0 Å². The second kappa shape index (κ2) is 5.91. The Balaban J connectivity index is 2.26. The molecule has 1 unspecified atom stereocenters. The van der Waals surface area contributed by atoms with Crippen LogP contribution in [-0.4, -0.2) is 15.1 Å². The predicted molar refractivity (Wildman–Crippen MR) is 81.8 cm³/mol. The molecule has 2 heterocycles. The molecule has 6 heteroatoms. The standard InChI is InChI=1S/C14H19BrN4O/c1-7(2)14-17-11(15)6-12(18-14)16-8(3)13-9(4)19-20-10(13)5/h6-8H,1-5H3,(H,16,17,18). The van der Waals surface area contributed by atoms with E-state index in [4.69, 9.17) is 4.52 Å². The number of nitrogens with one attached hydrogen (secondary N) is 1. The van der Waals surface area contributed by atoms with Crippen molar-refractivity contribution in [3.63, 3.8) is 0 Å². The number of rotatable bonds is 4. The Morgan fingerprint density at radius 3 is 2.45 bits per heavy atom. The molecule has 0 saturated carbocycles. The van der Waals surface area contributed by atoms with E-state index < -0.39 is 0 Å². The Morgan fingerprint density at radius 1 is 1.20 bits per heavy atom. The summed E-state index contributed by atoms with van der Waals surface area (Å²) in [7, 11) is 0. The molecule has 2 aromatic rings. The molecule has 1 N–H and O–H groups in total. The van der Waals surface area contributed by atoms with Gasteiger partial charge in [0.25, 0.3) is 0 Å². The molecule has 0 bridgehead atoms. The molecule has 0 fully saturated rings. The zero-order valence-corrected chi connectivity index (χ0v) is 13.9. The van der Waals surface area contributed by atoms with Crippen LogP contribution in [0.25, 0.3) is 0 Å². The van der Waals surface area contributed by atoms with Gasteiger partial charge in [-0.1, -0.05) is 19.0 Å². The van der Waals surface area contributed by atoms with Gasteiger partial charge >= 0.3 is 0 Å². The lowest BCUT2D eigenvalue weighted by Crippen LogP contribution is -2.11. The lowest BCUT2D eigenvalue weighted by atomic mass is 10.1. The maximum Gasteiger partial charge on any atom is 0.139 e. The molecular formula is C14H19BrN4O. The van der Waals surface area contributed by atoms with Crippen LogP contribution in [0.1, 0.15) is 55.6 Å². The lowest BCUT2D eigenvalue weighted by Gasteiger charge is -2.15. The van der Waals surface area contributed by atoms with Crippen LogP contribution >= 0.6 is 15.9 Å². The average molecular weight is 339 g/mol. The fraction of sp³-hybridized carbons (Fsp3) is 0.500. The third-order valence-corrected chi connectivity index (χ3v) is 3.52. The van der Waals surface area contributed by atoms with E-state index in [0.29, 0.717) is 0 Å². The number of halogens is 1. The average Bonchev–Trinajstić information content (AvgIpc) is 2.68. The van der Waals surface area contributed by atoms with Gasteiger partial charge in [-0.3, -0.25) is 0 Å². The molecule has 2 aromatic heterocycles. The second-order valence-corrected chi connectivity index (χ2v) is 6.01. The zero-order chi connectivity index (χ0) is 14.9. The summed E-state index contributed by atoms with van der Waals surface area (Å²) in [6, 6.07) is 1.95. The first-order valence-corrected chi connectivity index (χ1v) is 7.41. The van der Waals surface area contributed by atoms with Crippen LogP contribution in [0, 0.1) is 13.8 Å². The molecular weight excluding hydrogens is 320 g/mol. The first-order valence-electron chi connectivity index (χ1n) is 6.62. The van der Waals surface area contributed by atoms with Gasteiger partial charge in [0.15, 0.2) is 0 Å². The van der Waals surface area contributed by atoms with Gasteiger partial charge in [-0.05, 0) is 36.7 Å². The van der Waals surface area contributed by atoms with E-state index in [1.54, 1.807) is 0 Å². The molecule has 0 spiro atoms. The summed E-state index contributed by atoms with van der Waals surface area (Å²) < 4.78 is 5.99. The largest absolute Gasteiger partial charge is 0.363 e. The summed E-state index contributed by atoms with van der Waals surface area (Å²) in [5, 5.41) is 7.37. The smallest absolute Gasteiger partial charge is 0.139 e. The van der Waals surface area contributed by atoms with Crippen molar-refractivity contribution in [2.75, 3.05) is 5.32 Å². The van der Waals surface area contributed by atoms with Crippen molar-refractivity contribution in [3.05, 3.63) is 33.5 Å². The normalized spacial score (nSPS) is 12.8. The van der Waals surface area contributed by atoms with Crippen LogP contribution in [0.5, 0.6) is 0 Å². The summed E-state index contributed by atoms with van der Waals surface area (Å²) in [6.45, 7) is 10.1. The van der Waals surface area contributed by atoms with Crippen molar-refractivity contribution in [2.45, 2.75) is 46.6 Å². The molecule has 0 aliphatic rings. The summed E-state index contributed by atoms with van der Waals surface area (Å²) in [6.07, 6.45) is 0. The molecule has 0 saturated heterocycles. The molecule has 108 valence electrons. The minimum absolute atomic E-state index is 0.0723. The van der Waals surface area contributed by atoms with Crippen molar-refractivity contribution in [1.82, 2.24) is 15.1 Å². The third-order valence-electron chi connectivity index (χ3n) is 3.11. The van der Waals surface area contributed by atoms with Gasteiger partial charge in [0.1, 0.15) is 22.0 Å². The van der Waals surface area contributed by atoms with Gasteiger partial charge in [-0.2, -0.15) is 0 Å². The number of hydrogen-bond donors (Lipinski definition) is 1. The monoisotopic (exact) mass is 338 g/mol. The van der Waals surface area contributed by atoms with E-state index in [0.717, 1.165) is 33.3 Å². The van der Waals surface area contributed by atoms with Crippen molar-refractivity contribution in [2.24, 2.45) is 0 Å². The topological polar surface area (TPSA) is 63.8 Å². The summed E-state index contributed by atoms with van der Waals surface area (Å²) >= 11 is 3.43. The van der Waals surface area contributed by atoms with Crippen LogP contribution in [0.4, 0.5) is 5.82 Å². The Kier molecular flexibility index (Phi) is 4.42. The van der Waals surface area contributed by atoms with Crippen molar-refractivity contribution < 1.29 is 4.52 Å². The Hall–Kier alpha value is -1.43. The molecule has 2 rings (SSSR count). The van der Waals surface area contributed by atoms with Crippen molar-refractivity contribution in [3.8, 4) is 0 Å². The third kappa shape index (κ3) is 3.17. The molecule has 0 radical (unpaired) electrons. The first-order chi connectivity index (χ1) is 9.38. The first kappa shape index (κ1) is 15.0. The summed E-state index contributed by atoms with van der Waals surface area (Å²) in [4.78, 5) is 8.91. The van der Waals surface area contributed by atoms with Gasteiger partial charge in [0.05, 0.1) is 11.7 Å². The molecule has 0 aliphatic heterocycles. The number of anilines is 1. The van der Waals surface area contributed by atoms with Gasteiger partial charge in [0.2, 0.25) is 0 Å². The fourth-order valence-electron chi connectivity index (χ4n) is 2.17. The second-order valence-electron chi connectivity index (χ2n) is 5.19. The number of nitrogens with zero attached hydrogens (tertiary/aromatic N) is 3. The molecule has 0 aliphatic carbocycles. The minimum atomic E-state index is 0.0723. The fourth-order valence-corrected chi connectivity index (χ4v) is 2.57. The highest BCUT2D eigenvalue weighted by Crippen LogP contribution is 2.25. The van der Waals surface area contributed by atoms with Crippen LogP contribution in [0.2, 0.25) is 0 Å². The highest BCUT2D eigenvalue weighted by molar-refractivity contribution is 9.10. The Bertz CT molecular complexity index is 590. The van der Waals surface area contributed by atoms with Gasteiger partial charge < -0.3 is 9.84 Å². The van der Waals surface area contributed by atoms with Crippen LogP contribution < -0.4 is 5.32 Å². The SMILES string of the molecule is Cc1noc(C)c1C(C)Nc1cc(Br)nc(C(C)C)n1. The summed E-state index contributed by atoms with van der Waals surface area (Å²) in [5.74, 6) is 2.72. The summed E-state index contributed by atoms with van der Waals surface area (Å²) in [5.41, 5.74) is 1.98. The minimum Gasteiger partial charge on any atom is -0.363 e. The Labute approximate surface area is 127 Å². The van der Waals surface area contributed by atoms with Gasteiger partial charge in [-0.15, -0.1) is 0 Å². The molecule has 0 aromatic carbocycles. The molecule has 0 amide bonds. The predicted octanol–water partition coefficient (Wildman–Crippen LogP) is 4.14. The van der Waals surface area contributed by atoms with Crippen molar-refractivity contribution >= 4 is 21.7 Å². The van der Waals surface area contributed by atoms with E-state index in [2.05, 4.69) is 57.1 Å².